The van der Waals surface area contributed by atoms with E-state index in [2.05, 4.69) is 9.97 Å². The number of hydrogen-bond donors (Lipinski definition) is 0. The van der Waals surface area contributed by atoms with Gasteiger partial charge in [-0.05, 0) is 59.7 Å². The minimum absolute atomic E-state index is 0.00289. The van der Waals surface area contributed by atoms with E-state index in [4.69, 9.17) is 11.6 Å². The third-order valence-corrected chi connectivity index (χ3v) is 8.66. The summed E-state index contributed by atoms with van der Waals surface area (Å²) in [5, 5.41) is 0.486. The molecule has 3 heterocycles. The van der Waals surface area contributed by atoms with Crippen LogP contribution >= 0.6 is 11.6 Å². The molecular weight excluding hydrogens is 522 g/mol. The number of carbonyl (C=O) groups excluding carboxylic acids is 2. The molecule has 4 aromatic rings. The van der Waals surface area contributed by atoms with Gasteiger partial charge in [-0.15, -0.1) is 0 Å². The van der Waals surface area contributed by atoms with Crippen molar-refractivity contribution in [3.05, 3.63) is 124 Å². The fourth-order valence-corrected chi connectivity index (χ4v) is 6.34. The summed E-state index contributed by atoms with van der Waals surface area (Å²) in [6.07, 6.45) is 3.56. The molecule has 2 aromatic carbocycles. The Morgan fingerprint density at radius 1 is 0.895 bits per heavy atom. The highest BCUT2D eigenvalue weighted by Crippen LogP contribution is 2.30. The van der Waals surface area contributed by atoms with E-state index in [1.807, 2.05) is 0 Å². The maximum absolute atomic E-state index is 14.0. The van der Waals surface area contributed by atoms with Crippen molar-refractivity contribution in [2.75, 3.05) is 0 Å². The molecule has 0 radical (unpaired) electrons. The maximum Gasteiger partial charge on any atom is 0.244 e. The van der Waals surface area contributed by atoms with Crippen LogP contribution in [-0.2, 0) is 40.6 Å². The van der Waals surface area contributed by atoms with E-state index in [0.29, 0.717) is 27.5 Å². The average molecular weight is 546 g/mol. The van der Waals surface area contributed by atoms with Gasteiger partial charge < -0.3 is 0 Å². The van der Waals surface area contributed by atoms with Gasteiger partial charge in [0.1, 0.15) is 0 Å². The Kier molecular flexibility index (Phi) is 7.46. The van der Waals surface area contributed by atoms with Crippen LogP contribution in [0.4, 0.5) is 0 Å². The second kappa shape index (κ2) is 10.9. The lowest BCUT2D eigenvalue weighted by Gasteiger charge is -2.28. The number of fused-ring (bicyclic) bond motifs is 1. The number of nitrogens with zero attached hydrogens (tertiary/aromatic N) is 3. The van der Waals surface area contributed by atoms with Gasteiger partial charge >= 0.3 is 0 Å². The minimum atomic E-state index is -4.11. The van der Waals surface area contributed by atoms with Crippen molar-refractivity contribution < 1.29 is 18.0 Å². The molecular formula is C29H24ClN3O4S. The van der Waals surface area contributed by atoms with E-state index in [1.165, 1.54) is 28.6 Å². The Morgan fingerprint density at radius 2 is 1.58 bits per heavy atom. The number of sulfonamides is 1. The zero-order chi connectivity index (χ0) is 26.7. The number of aromatic nitrogens is 2. The molecule has 192 valence electrons. The first kappa shape index (κ1) is 25.9. The first-order valence-electron chi connectivity index (χ1n) is 12.1. The lowest BCUT2D eigenvalue weighted by molar-refractivity contribution is -0.121. The standard InChI is InChI=1S/C29H24ClN3O4S/c30-23-10-7-21-19-33(27(29(35)16-22(21)15-23)17-24-5-1-3-13-31-24)38(36,37)26-11-8-20(9-12-26)28(34)18-25-6-2-4-14-32-25/h1-15,27H,16-19H2/t27-/m1/s1. The number of carbonyl (C=O) groups is 2. The Balaban J connectivity index is 1.48. The van der Waals surface area contributed by atoms with Gasteiger partial charge in [0.25, 0.3) is 0 Å². The molecule has 0 saturated carbocycles. The van der Waals surface area contributed by atoms with Gasteiger partial charge in [0.15, 0.2) is 11.6 Å². The van der Waals surface area contributed by atoms with Crippen molar-refractivity contribution in [2.24, 2.45) is 0 Å². The first-order valence-corrected chi connectivity index (χ1v) is 13.9. The number of pyridine rings is 2. The predicted octanol–water partition coefficient (Wildman–Crippen LogP) is 4.48. The number of hydrogen-bond acceptors (Lipinski definition) is 6. The summed E-state index contributed by atoms with van der Waals surface area (Å²) >= 11 is 6.17. The van der Waals surface area contributed by atoms with Gasteiger partial charge in [0, 0.05) is 53.8 Å². The Hall–Kier alpha value is -3.72. The van der Waals surface area contributed by atoms with Crippen molar-refractivity contribution >= 4 is 33.2 Å². The van der Waals surface area contributed by atoms with Gasteiger partial charge in [-0.2, -0.15) is 4.31 Å². The zero-order valence-electron chi connectivity index (χ0n) is 20.3. The lowest BCUT2D eigenvalue weighted by atomic mass is 10.00. The van der Waals surface area contributed by atoms with Crippen molar-refractivity contribution in [1.29, 1.82) is 0 Å². The normalized spacial score (nSPS) is 16.0. The third-order valence-electron chi connectivity index (χ3n) is 6.56. The third kappa shape index (κ3) is 5.57. The molecule has 1 atom stereocenters. The lowest BCUT2D eigenvalue weighted by Crippen LogP contribution is -2.45. The van der Waals surface area contributed by atoms with E-state index in [1.54, 1.807) is 67.0 Å². The number of ketones is 2. The predicted molar refractivity (Wildman–Crippen MR) is 143 cm³/mol. The SMILES string of the molecule is O=C(Cc1ccccn1)c1ccc(S(=O)(=O)N2Cc3ccc(Cl)cc3CC(=O)[C@H]2Cc2ccccn2)cc1. The van der Waals surface area contributed by atoms with Crippen LogP contribution in [0.25, 0.3) is 0 Å². The minimum Gasteiger partial charge on any atom is -0.298 e. The molecule has 0 bridgehead atoms. The van der Waals surface area contributed by atoms with E-state index >= 15 is 0 Å². The monoisotopic (exact) mass is 545 g/mol. The summed E-state index contributed by atoms with van der Waals surface area (Å²) in [5.41, 5.74) is 3.06. The topological polar surface area (TPSA) is 97.3 Å². The molecule has 0 N–H and O–H groups in total. The second-order valence-corrected chi connectivity index (χ2v) is 11.4. The summed E-state index contributed by atoms with van der Waals surface area (Å²) in [4.78, 5) is 34.7. The number of halogens is 1. The van der Waals surface area contributed by atoms with Crippen LogP contribution in [0, 0.1) is 0 Å². The Morgan fingerprint density at radius 3 is 2.24 bits per heavy atom. The molecule has 0 amide bonds. The van der Waals surface area contributed by atoms with Crippen LogP contribution in [0.15, 0.2) is 96.2 Å². The van der Waals surface area contributed by atoms with Gasteiger partial charge in [-0.3, -0.25) is 19.6 Å². The summed E-state index contributed by atoms with van der Waals surface area (Å²) in [6, 6.07) is 20.7. The Labute approximate surface area is 226 Å². The number of benzene rings is 2. The molecule has 1 aliphatic rings. The van der Waals surface area contributed by atoms with Crippen molar-refractivity contribution in [2.45, 2.75) is 36.7 Å². The molecule has 7 nitrogen and oxygen atoms in total. The van der Waals surface area contributed by atoms with Crippen LogP contribution in [0.2, 0.25) is 5.02 Å². The number of rotatable bonds is 7. The second-order valence-electron chi connectivity index (χ2n) is 9.09. The summed E-state index contributed by atoms with van der Waals surface area (Å²) < 4.78 is 29.2. The summed E-state index contributed by atoms with van der Waals surface area (Å²) in [5.74, 6) is -0.404. The van der Waals surface area contributed by atoms with E-state index < -0.39 is 16.1 Å². The van der Waals surface area contributed by atoms with Crippen molar-refractivity contribution in [3.63, 3.8) is 0 Å². The van der Waals surface area contributed by atoms with Crippen molar-refractivity contribution in [3.8, 4) is 0 Å². The first-order chi connectivity index (χ1) is 18.3. The highest BCUT2D eigenvalue weighted by Gasteiger charge is 2.39. The molecule has 1 aliphatic heterocycles. The maximum atomic E-state index is 14.0. The van der Waals surface area contributed by atoms with Crippen LogP contribution in [0.3, 0.4) is 0 Å². The molecule has 38 heavy (non-hydrogen) atoms. The van der Waals surface area contributed by atoms with E-state index in [0.717, 1.165) is 5.56 Å². The van der Waals surface area contributed by atoms with Gasteiger partial charge in [-0.25, -0.2) is 8.42 Å². The quantitative estimate of drug-likeness (QED) is 0.318. The smallest absolute Gasteiger partial charge is 0.244 e. The number of Topliss-reactive ketones (excluding diaryl/α,β-unsaturated/α-hetero) is 2. The average Bonchev–Trinajstić information content (AvgIpc) is 3.06. The zero-order valence-corrected chi connectivity index (χ0v) is 21.9. The molecule has 0 fully saturated rings. The van der Waals surface area contributed by atoms with Gasteiger partial charge in [-0.1, -0.05) is 41.9 Å². The van der Waals surface area contributed by atoms with Crippen molar-refractivity contribution in [1.82, 2.24) is 14.3 Å². The van der Waals surface area contributed by atoms with Gasteiger partial charge in [0.05, 0.1) is 17.4 Å². The summed E-state index contributed by atoms with van der Waals surface area (Å²) in [7, 11) is -4.11. The molecule has 2 aromatic heterocycles. The van der Waals surface area contributed by atoms with Crippen LogP contribution in [0.1, 0.15) is 32.9 Å². The highest BCUT2D eigenvalue weighted by atomic mass is 35.5. The van der Waals surface area contributed by atoms with Gasteiger partial charge in [0.2, 0.25) is 10.0 Å². The fraction of sp³-hybridized carbons (Fsp3) is 0.172. The molecule has 9 heteroatoms. The van der Waals surface area contributed by atoms with Crippen LogP contribution in [-0.4, -0.2) is 40.3 Å². The highest BCUT2D eigenvalue weighted by molar-refractivity contribution is 7.89. The van der Waals surface area contributed by atoms with E-state index in [9.17, 15) is 18.0 Å². The Bertz CT molecular complexity index is 1580. The van der Waals surface area contributed by atoms with Crippen LogP contribution in [0.5, 0.6) is 0 Å². The van der Waals surface area contributed by atoms with E-state index in [-0.39, 0.29) is 42.3 Å². The molecule has 0 unspecified atom stereocenters. The summed E-state index contributed by atoms with van der Waals surface area (Å²) in [6.45, 7) is 0.0123. The molecule has 0 aliphatic carbocycles. The molecule has 5 rings (SSSR count). The molecule has 0 saturated heterocycles. The largest absolute Gasteiger partial charge is 0.298 e. The fourth-order valence-electron chi connectivity index (χ4n) is 4.56. The van der Waals surface area contributed by atoms with Crippen LogP contribution < -0.4 is 0 Å². The molecule has 0 spiro atoms.